The van der Waals surface area contributed by atoms with E-state index in [1.807, 2.05) is 18.2 Å². The number of likely N-dealkylation sites (N-methyl/N-ethyl adjacent to an activating group) is 1. The molecule has 1 aromatic carbocycles. The summed E-state index contributed by atoms with van der Waals surface area (Å²) in [6.07, 6.45) is 7.17. The molecule has 1 aromatic rings. The van der Waals surface area contributed by atoms with Gasteiger partial charge in [0.2, 0.25) is 0 Å². The Hall–Kier alpha value is -2.03. The van der Waals surface area contributed by atoms with Crippen LogP contribution in [0.5, 0.6) is 0 Å². The largest absolute Gasteiger partial charge is 0.399 e. The third-order valence-electron chi connectivity index (χ3n) is 2.97. The van der Waals surface area contributed by atoms with Crippen LogP contribution in [0, 0.1) is 0 Å². The van der Waals surface area contributed by atoms with Crippen molar-refractivity contribution in [2.45, 2.75) is 6.42 Å². The highest BCUT2D eigenvalue weighted by Crippen LogP contribution is 2.29. The molecule has 0 fully saturated rings. The molecule has 94 valence electrons. The lowest BCUT2D eigenvalue weighted by atomic mass is 10.00. The van der Waals surface area contributed by atoms with Gasteiger partial charge in [0.15, 0.2) is 0 Å². The molecule has 18 heavy (non-hydrogen) atoms. The van der Waals surface area contributed by atoms with Gasteiger partial charge in [-0.15, -0.1) is 0 Å². The molecule has 3 nitrogen and oxygen atoms in total. The molecule has 0 unspecified atom stereocenters. The topological polar surface area (TPSA) is 24.8 Å². The Labute approximate surface area is 108 Å². The molecule has 0 aromatic heterocycles. The molecule has 1 aliphatic carbocycles. The van der Waals surface area contributed by atoms with Crippen LogP contribution in [0.25, 0.3) is 5.57 Å². The van der Waals surface area contributed by atoms with Crippen LogP contribution < -0.4 is 0 Å². The lowest BCUT2D eigenvalue weighted by Crippen LogP contribution is -2.07. The van der Waals surface area contributed by atoms with Gasteiger partial charge in [-0.25, -0.2) is 0 Å². The van der Waals surface area contributed by atoms with Crippen molar-refractivity contribution in [3.05, 3.63) is 53.2 Å². The minimum atomic E-state index is 0.964. The molecule has 3 heteroatoms. The molecule has 0 amide bonds. The van der Waals surface area contributed by atoms with Crippen LogP contribution in [0.15, 0.2) is 47.3 Å². The van der Waals surface area contributed by atoms with Crippen LogP contribution in [0.2, 0.25) is 0 Å². The Kier molecular flexibility index (Phi) is 3.82. The first-order valence-corrected chi connectivity index (χ1v) is 5.96. The molecule has 0 radical (unpaired) electrons. The number of hydrogen-bond acceptors (Lipinski definition) is 3. The average molecular weight is 242 g/mol. The number of allylic oxidation sites excluding steroid dienone is 3. The maximum atomic E-state index is 4.75. The lowest BCUT2D eigenvalue weighted by Gasteiger charge is -2.11. The molecule has 0 N–H and O–H groups in total. The molecular formula is C15H18N2O. The van der Waals surface area contributed by atoms with Crippen molar-refractivity contribution >= 4 is 11.8 Å². The van der Waals surface area contributed by atoms with Gasteiger partial charge in [0.05, 0.1) is 6.21 Å². The maximum Gasteiger partial charge on any atom is 0.106 e. The third kappa shape index (κ3) is 2.62. The summed E-state index contributed by atoms with van der Waals surface area (Å²) in [7, 11) is 5.67. The summed E-state index contributed by atoms with van der Waals surface area (Å²) in [5.41, 5.74) is 4.87. The minimum absolute atomic E-state index is 0.964. The summed E-state index contributed by atoms with van der Waals surface area (Å²) in [4.78, 5) is 6.88. The molecule has 0 bridgehead atoms. The number of oxime groups is 1. The number of rotatable bonds is 4. The van der Waals surface area contributed by atoms with E-state index in [1.54, 1.807) is 13.3 Å². The van der Waals surface area contributed by atoms with Crippen LogP contribution in [0.4, 0.5) is 0 Å². The predicted molar refractivity (Wildman–Crippen MR) is 75.4 cm³/mol. The maximum absolute atomic E-state index is 4.75. The quantitative estimate of drug-likeness (QED) is 0.599. The first-order valence-electron chi connectivity index (χ1n) is 5.96. The zero-order chi connectivity index (χ0) is 13.0. The summed E-state index contributed by atoms with van der Waals surface area (Å²) in [6, 6.07) is 8.23. The van der Waals surface area contributed by atoms with E-state index >= 15 is 0 Å². The SMILES string of the molecule is CON=Cc1ccccc1C1=CC(N(C)C)=CC1. The van der Waals surface area contributed by atoms with E-state index < -0.39 is 0 Å². The van der Waals surface area contributed by atoms with E-state index in [4.69, 9.17) is 4.84 Å². The van der Waals surface area contributed by atoms with Gasteiger partial charge in [0, 0.05) is 25.4 Å². The molecule has 0 atom stereocenters. The smallest absolute Gasteiger partial charge is 0.106 e. The van der Waals surface area contributed by atoms with E-state index in [1.165, 1.54) is 16.8 Å². The second kappa shape index (κ2) is 5.54. The number of hydrogen-bond donors (Lipinski definition) is 0. The Morgan fingerprint density at radius 3 is 2.72 bits per heavy atom. The van der Waals surface area contributed by atoms with Crippen molar-refractivity contribution in [3.8, 4) is 0 Å². The van der Waals surface area contributed by atoms with E-state index in [2.05, 4.69) is 42.4 Å². The highest BCUT2D eigenvalue weighted by molar-refractivity contribution is 5.89. The van der Waals surface area contributed by atoms with Crippen molar-refractivity contribution in [2.24, 2.45) is 5.16 Å². The molecule has 0 aliphatic heterocycles. The Bertz CT molecular complexity index is 513. The van der Waals surface area contributed by atoms with Crippen LogP contribution in [0.1, 0.15) is 17.5 Å². The Morgan fingerprint density at radius 1 is 1.28 bits per heavy atom. The molecule has 0 saturated carbocycles. The Balaban J connectivity index is 2.30. The van der Waals surface area contributed by atoms with Gasteiger partial charge in [-0.2, -0.15) is 0 Å². The fraction of sp³-hybridized carbons (Fsp3) is 0.267. The summed E-state index contributed by atoms with van der Waals surface area (Å²) in [6.45, 7) is 0. The molecule has 2 rings (SSSR count). The molecule has 0 heterocycles. The lowest BCUT2D eigenvalue weighted by molar-refractivity contribution is 0.215. The molecular weight excluding hydrogens is 224 g/mol. The fourth-order valence-corrected chi connectivity index (χ4v) is 2.02. The van der Waals surface area contributed by atoms with E-state index in [9.17, 15) is 0 Å². The zero-order valence-electron chi connectivity index (χ0n) is 11.1. The van der Waals surface area contributed by atoms with Crippen LogP contribution in [0.3, 0.4) is 0 Å². The molecule has 0 saturated heterocycles. The van der Waals surface area contributed by atoms with Crippen molar-refractivity contribution < 1.29 is 4.84 Å². The first-order chi connectivity index (χ1) is 8.72. The monoisotopic (exact) mass is 242 g/mol. The number of benzene rings is 1. The summed E-state index contributed by atoms with van der Waals surface area (Å²) in [5.74, 6) is 0. The van der Waals surface area contributed by atoms with Crippen molar-refractivity contribution in [1.82, 2.24) is 4.90 Å². The van der Waals surface area contributed by atoms with Gasteiger partial charge in [-0.3, -0.25) is 0 Å². The first kappa shape index (κ1) is 12.4. The fourth-order valence-electron chi connectivity index (χ4n) is 2.02. The van der Waals surface area contributed by atoms with Crippen LogP contribution >= 0.6 is 0 Å². The normalized spacial score (nSPS) is 14.6. The average Bonchev–Trinajstić information content (AvgIpc) is 2.86. The zero-order valence-corrected chi connectivity index (χ0v) is 11.1. The highest BCUT2D eigenvalue weighted by atomic mass is 16.6. The van der Waals surface area contributed by atoms with E-state index in [-0.39, 0.29) is 0 Å². The van der Waals surface area contributed by atoms with Gasteiger partial charge in [-0.1, -0.05) is 35.5 Å². The predicted octanol–water partition coefficient (Wildman–Crippen LogP) is 2.90. The van der Waals surface area contributed by atoms with Crippen molar-refractivity contribution in [2.75, 3.05) is 21.2 Å². The van der Waals surface area contributed by atoms with Gasteiger partial charge in [0.1, 0.15) is 7.11 Å². The minimum Gasteiger partial charge on any atom is -0.399 e. The number of nitrogens with zero attached hydrogens (tertiary/aromatic N) is 2. The molecule has 0 spiro atoms. The third-order valence-corrected chi connectivity index (χ3v) is 2.97. The van der Waals surface area contributed by atoms with E-state index in [0.717, 1.165) is 12.0 Å². The van der Waals surface area contributed by atoms with Crippen LogP contribution in [-0.4, -0.2) is 32.3 Å². The van der Waals surface area contributed by atoms with Gasteiger partial charge < -0.3 is 9.74 Å². The second-order valence-electron chi connectivity index (χ2n) is 4.40. The summed E-state index contributed by atoms with van der Waals surface area (Å²) < 4.78 is 0. The summed E-state index contributed by atoms with van der Waals surface area (Å²) in [5, 5.41) is 3.85. The van der Waals surface area contributed by atoms with E-state index in [0.29, 0.717) is 0 Å². The molecule has 1 aliphatic rings. The highest BCUT2D eigenvalue weighted by Gasteiger charge is 2.12. The van der Waals surface area contributed by atoms with Crippen molar-refractivity contribution in [3.63, 3.8) is 0 Å². The second-order valence-corrected chi connectivity index (χ2v) is 4.40. The van der Waals surface area contributed by atoms with Gasteiger partial charge in [-0.05, 0) is 23.6 Å². The van der Waals surface area contributed by atoms with Gasteiger partial charge in [0.25, 0.3) is 0 Å². The van der Waals surface area contributed by atoms with Crippen LogP contribution in [-0.2, 0) is 4.84 Å². The summed E-state index contributed by atoms with van der Waals surface area (Å²) >= 11 is 0. The Morgan fingerprint density at radius 2 is 2.06 bits per heavy atom. The standard InChI is InChI=1S/C15H18N2O/c1-17(2)14-9-8-12(10-14)15-7-5-4-6-13(15)11-16-18-3/h4-7,9-11H,8H2,1-3H3. The van der Waals surface area contributed by atoms with Gasteiger partial charge >= 0.3 is 0 Å². The van der Waals surface area contributed by atoms with Crippen molar-refractivity contribution in [1.29, 1.82) is 0 Å².